The van der Waals surface area contributed by atoms with Gasteiger partial charge in [0.2, 0.25) is 0 Å². The molecule has 0 N–H and O–H groups in total. The molecule has 0 saturated carbocycles. The Morgan fingerprint density at radius 3 is 2.65 bits per heavy atom. The van der Waals surface area contributed by atoms with Gasteiger partial charge in [-0.1, -0.05) is 13.3 Å². The van der Waals surface area contributed by atoms with E-state index in [-0.39, 0.29) is 19.2 Å². The molecule has 0 aromatic heterocycles. The molecule has 1 heterocycles. The third kappa shape index (κ3) is 3.61. The van der Waals surface area contributed by atoms with Crippen molar-refractivity contribution in [3.05, 3.63) is 0 Å². The van der Waals surface area contributed by atoms with Crippen LogP contribution in [0.25, 0.3) is 0 Å². The van der Waals surface area contributed by atoms with Gasteiger partial charge in [0.1, 0.15) is 13.2 Å². The van der Waals surface area contributed by atoms with Crippen molar-refractivity contribution in [2.45, 2.75) is 46.1 Å². The van der Waals surface area contributed by atoms with Gasteiger partial charge in [0, 0.05) is 0 Å². The summed E-state index contributed by atoms with van der Waals surface area (Å²) >= 11 is 0. The number of rotatable bonds is 5. The highest BCUT2D eigenvalue weighted by Gasteiger charge is 2.40. The monoisotopic (exact) mass is 244 g/mol. The number of hydrogen-bond acceptors (Lipinski definition) is 5. The molecule has 0 aliphatic carbocycles. The van der Waals surface area contributed by atoms with Crippen molar-refractivity contribution >= 4 is 12.1 Å². The first-order valence-electron chi connectivity index (χ1n) is 5.82. The van der Waals surface area contributed by atoms with E-state index >= 15 is 0 Å². The van der Waals surface area contributed by atoms with Crippen LogP contribution in [0.5, 0.6) is 0 Å². The second-order valence-corrected chi connectivity index (χ2v) is 5.30. The molecular formula is C12H20O5. The van der Waals surface area contributed by atoms with Crippen LogP contribution in [0.2, 0.25) is 0 Å². The van der Waals surface area contributed by atoms with Gasteiger partial charge in [-0.3, -0.25) is 4.79 Å². The lowest BCUT2D eigenvalue weighted by molar-refractivity contribution is -0.160. The van der Waals surface area contributed by atoms with E-state index in [1.54, 1.807) is 6.92 Å². The summed E-state index contributed by atoms with van der Waals surface area (Å²) in [5.41, 5.74) is -1.36. The fraction of sp³-hybridized carbons (Fsp3) is 0.833. The maximum atomic E-state index is 11.8. The predicted octanol–water partition coefficient (Wildman–Crippen LogP) is 2.28. The molecule has 0 spiro atoms. The van der Waals surface area contributed by atoms with Gasteiger partial charge >= 0.3 is 12.1 Å². The van der Waals surface area contributed by atoms with Gasteiger partial charge in [0.25, 0.3) is 0 Å². The van der Waals surface area contributed by atoms with Gasteiger partial charge in [-0.25, -0.2) is 4.79 Å². The highest BCUT2D eigenvalue weighted by atomic mass is 16.8. The van der Waals surface area contributed by atoms with Gasteiger partial charge in [-0.15, -0.1) is 0 Å². The number of ether oxygens (including phenoxy) is 3. The molecule has 1 fully saturated rings. The van der Waals surface area contributed by atoms with Crippen molar-refractivity contribution in [3.8, 4) is 0 Å². The average molecular weight is 244 g/mol. The lowest BCUT2D eigenvalue weighted by Crippen LogP contribution is -2.37. The van der Waals surface area contributed by atoms with Crippen LogP contribution in [0.3, 0.4) is 0 Å². The molecule has 1 saturated heterocycles. The van der Waals surface area contributed by atoms with Crippen molar-refractivity contribution in [2.75, 3.05) is 13.2 Å². The summed E-state index contributed by atoms with van der Waals surface area (Å²) in [7, 11) is 0. The predicted molar refractivity (Wildman–Crippen MR) is 60.5 cm³/mol. The molecule has 1 atom stereocenters. The maximum Gasteiger partial charge on any atom is 0.509 e. The first-order chi connectivity index (χ1) is 7.79. The molecule has 0 aromatic carbocycles. The standard InChI is InChI=1S/C12H20O5/c1-5-6-11(2,3)9(13)15-7-12(4)8-16-10(14)17-12/h5-8H2,1-4H3. The third-order valence-electron chi connectivity index (χ3n) is 2.76. The van der Waals surface area contributed by atoms with E-state index in [1.165, 1.54) is 0 Å². The average Bonchev–Trinajstić information content (AvgIpc) is 2.56. The molecule has 98 valence electrons. The summed E-state index contributed by atoms with van der Waals surface area (Å²) in [6.07, 6.45) is 0.965. The van der Waals surface area contributed by atoms with E-state index in [0.717, 1.165) is 12.8 Å². The van der Waals surface area contributed by atoms with Crippen molar-refractivity contribution in [1.82, 2.24) is 0 Å². The van der Waals surface area contributed by atoms with Crippen LogP contribution in [0.1, 0.15) is 40.5 Å². The molecular weight excluding hydrogens is 224 g/mol. The van der Waals surface area contributed by atoms with Gasteiger partial charge in [-0.2, -0.15) is 0 Å². The molecule has 5 heteroatoms. The molecule has 1 unspecified atom stereocenters. The molecule has 1 aliphatic rings. The van der Waals surface area contributed by atoms with Crippen LogP contribution in [0.15, 0.2) is 0 Å². The van der Waals surface area contributed by atoms with E-state index in [4.69, 9.17) is 9.47 Å². The fourth-order valence-electron chi connectivity index (χ4n) is 1.68. The van der Waals surface area contributed by atoms with Crippen LogP contribution in [0.4, 0.5) is 4.79 Å². The van der Waals surface area contributed by atoms with Crippen LogP contribution in [-0.2, 0) is 19.0 Å². The zero-order valence-electron chi connectivity index (χ0n) is 10.9. The highest BCUT2D eigenvalue weighted by molar-refractivity contribution is 5.76. The van der Waals surface area contributed by atoms with Gasteiger partial charge in [0.05, 0.1) is 5.41 Å². The Labute approximate surface area is 101 Å². The van der Waals surface area contributed by atoms with Crippen molar-refractivity contribution in [2.24, 2.45) is 5.41 Å². The summed E-state index contributed by atoms with van der Waals surface area (Å²) in [5, 5.41) is 0. The lowest BCUT2D eigenvalue weighted by Gasteiger charge is -2.25. The summed E-state index contributed by atoms with van der Waals surface area (Å²) in [6.45, 7) is 7.54. The number of carbonyl (C=O) groups excluding carboxylic acids is 2. The van der Waals surface area contributed by atoms with Crippen molar-refractivity contribution in [3.63, 3.8) is 0 Å². The van der Waals surface area contributed by atoms with Gasteiger partial charge in [-0.05, 0) is 27.2 Å². The Balaban J connectivity index is 2.45. The normalized spacial score (nSPS) is 24.1. The van der Waals surface area contributed by atoms with E-state index in [2.05, 4.69) is 4.74 Å². The first-order valence-corrected chi connectivity index (χ1v) is 5.82. The van der Waals surface area contributed by atoms with E-state index < -0.39 is 17.2 Å². The Morgan fingerprint density at radius 2 is 2.18 bits per heavy atom. The quantitative estimate of drug-likeness (QED) is 0.694. The second kappa shape index (κ2) is 4.94. The summed E-state index contributed by atoms with van der Waals surface area (Å²) in [4.78, 5) is 22.6. The Kier molecular flexibility index (Phi) is 4.01. The minimum atomic E-state index is -0.852. The maximum absolute atomic E-state index is 11.8. The lowest BCUT2D eigenvalue weighted by atomic mass is 9.88. The highest BCUT2D eigenvalue weighted by Crippen LogP contribution is 2.26. The molecule has 1 rings (SSSR count). The van der Waals surface area contributed by atoms with Crippen molar-refractivity contribution in [1.29, 1.82) is 0 Å². The topological polar surface area (TPSA) is 61.8 Å². The molecule has 0 bridgehead atoms. The molecule has 0 radical (unpaired) electrons. The number of carbonyl (C=O) groups is 2. The smallest absolute Gasteiger partial charge is 0.461 e. The minimum absolute atomic E-state index is 0.0325. The molecule has 1 aliphatic heterocycles. The SMILES string of the molecule is CCCC(C)(C)C(=O)OCC1(C)COC(=O)O1. The van der Waals surface area contributed by atoms with Crippen LogP contribution < -0.4 is 0 Å². The Bertz CT molecular complexity index is 310. The zero-order chi connectivity index (χ0) is 13.1. The largest absolute Gasteiger partial charge is 0.509 e. The third-order valence-corrected chi connectivity index (χ3v) is 2.76. The molecule has 17 heavy (non-hydrogen) atoms. The number of hydrogen-bond donors (Lipinski definition) is 0. The Morgan fingerprint density at radius 1 is 1.53 bits per heavy atom. The minimum Gasteiger partial charge on any atom is -0.461 e. The van der Waals surface area contributed by atoms with Gasteiger partial charge in [0.15, 0.2) is 5.60 Å². The first kappa shape index (κ1) is 13.8. The number of cyclic esters (lactones) is 2. The summed E-state index contributed by atoms with van der Waals surface area (Å²) in [6, 6.07) is 0. The van der Waals surface area contributed by atoms with Gasteiger partial charge < -0.3 is 14.2 Å². The molecule has 0 amide bonds. The summed E-state index contributed by atoms with van der Waals surface area (Å²) < 4.78 is 14.8. The van der Waals surface area contributed by atoms with Crippen LogP contribution in [-0.4, -0.2) is 30.9 Å². The summed E-state index contributed by atoms with van der Waals surface area (Å²) in [5.74, 6) is -0.275. The van der Waals surface area contributed by atoms with Crippen LogP contribution in [0, 0.1) is 5.41 Å². The van der Waals surface area contributed by atoms with Crippen molar-refractivity contribution < 1.29 is 23.8 Å². The molecule has 0 aromatic rings. The van der Waals surface area contributed by atoms with E-state index in [9.17, 15) is 9.59 Å². The number of esters is 1. The fourth-order valence-corrected chi connectivity index (χ4v) is 1.68. The van der Waals surface area contributed by atoms with E-state index in [0.29, 0.717) is 0 Å². The second-order valence-electron chi connectivity index (χ2n) is 5.30. The van der Waals surface area contributed by atoms with Crippen LogP contribution >= 0.6 is 0 Å². The Hall–Kier alpha value is -1.26. The zero-order valence-corrected chi connectivity index (χ0v) is 10.9. The van der Waals surface area contributed by atoms with E-state index in [1.807, 2.05) is 20.8 Å². The molecule has 5 nitrogen and oxygen atoms in total.